The normalized spacial score (nSPS) is 14.6. The number of fused-ring (bicyclic) bond motifs is 1. The molecular weight excluding hydrogens is 648 g/mol. The van der Waals surface area contributed by atoms with Gasteiger partial charge in [0.05, 0.1) is 19.2 Å². The second-order valence-corrected chi connectivity index (χ2v) is 13.4. The lowest BCUT2D eigenvalue weighted by molar-refractivity contribution is -0.132. The molecule has 0 saturated carbocycles. The Bertz CT molecular complexity index is 1860. The van der Waals surface area contributed by atoms with Gasteiger partial charge in [-0.25, -0.2) is 0 Å². The minimum absolute atomic E-state index is 0.260. The molecule has 0 aliphatic carbocycles. The second-order valence-electron chi connectivity index (χ2n) is 13.0. The van der Waals surface area contributed by atoms with Gasteiger partial charge in [-0.05, 0) is 96.1 Å². The van der Waals surface area contributed by atoms with E-state index in [1.165, 1.54) is 22.2 Å². The van der Waals surface area contributed by atoms with Crippen molar-refractivity contribution < 1.29 is 23.7 Å². The number of likely N-dealkylation sites (tertiary alicyclic amines) is 1. The number of hydrogen-bond donors (Lipinski definition) is 0. The van der Waals surface area contributed by atoms with Crippen molar-refractivity contribution in [1.82, 2.24) is 9.47 Å². The number of piperidine rings is 1. The molecule has 262 valence electrons. The van der Waals surface area contributed by atoms with E-state index in [-0.39, 0.29) is 5.91 Å². The predicted molar refractivity (Wildman–Crippen MR) is 201 cm³/mol. The van der Waals surface area contributed by atoms with Gasteiger partial charge in [-0.3, -0.25) is 4.79 Å². The average Bonchev–Trinajstić information content (AvgIpc) is 3.53. The fourth-order valence-electron chi connectivity index (χ4n) is 7.01. The highest BCUT2D eigenvalue weighted by Crippen LogP contribution is 2.34. The number of aryl methyl sites for hydroxylation is 2. The number of para-hydroxylation sites is 1. The highest BCUT2D eigenvalue weighted by molar-refractivity contribution is 6.32. The Kier molecular flexibility index (Phi) is 12.0. The van der Waals surface area contributed by atoms with Crippen LogP contribution in [0.15, 0.2) is 91.0 Å². The summed E-state index contributed by atoms with van der Waals surface area (Å²) in [5, 5.41) is 1.82. The van der Waals surface area contributed by atoms with Crippen LogP contribution in [0.2, 0.25) is 5.02 Å². The van der Waals surface area contributed by atoms with Crippen molar-refractivity contribution in [3.05, 3.63) is 113 Å². The molecule has 6 rings (SSSR count). The quantitative estimate of drug-likeness (QED) is 0.102. The lowest BCUT2D eigenvalue weighted by atomic mass is 9.94. The number of rotatable bonds is 15. The Morgan fingerprint density at radius 2 is 1.60 bits per heavy atom. The van der Waals surface area contributed by atoms with Crippen LogP contribution >= 0.6 is 11.6 Å². The van der Waals surface area contributed by atoms with E-state index in [4.69, 9.17) is 30.5 Å². The third-order valence-electron chi connectivity index (χ3n) is 9.65. The molecule has 50 heavy (non-hydrogen) atoms. The third kappa shape index (κ3) is 8.63. The van der Waals surface area contributed by atoms with Crippen LogP contribution in [0.5, 0.6) is 17.2 Å². The van der Waals surface area contributed by atoms with Gasteiger partial charge in [0.2, 0.25) is 5.91 Å². The van der Waals surface area contributed by atoms with Gasteiger partial charge >= 0.3 is 0 Å². The summed E-state index contributed by atoms with van der Waals surface area (Å²) in [5.74, 6) is 2.64. The molecule has 1 aliphatic heterocycles. The van der Waals surface area contributed by atoms with Crippen LogP contribution in [0.4, 0.5) is 0 Å². The summed E-state index contributed by atoms with van der Waals surface area (Å²) >= 11 is 6.64. The van der Waals surface area contributed by atoms with Crippen LogP contribution in [-0.2, 0) is 29.1 Å². The Labute approximate surface area is 300 Å². The maximum atomic E-state index is 13.4. The monoisotopic (exact) mass is 694 g/mol. The van der Waals surface area contributed by atoms with Crippen molar-refractivity contribution in [2.45, 2.75) is 57.6 Å². The first-order valence-corrected chi connectivity index (χ1v) is 17.9. The Balaban J connectivity index is 1.01. The molecule has 2 heterocycles. The molecule has 5 aromatic rings. The molecule has 1 aromatic heterocycles. The Morgan fingerprint density at radius 1 is 0.840 bits per heavy atom. The minimum atomic E-state index is 0.260. The number of ether oxygens (including phenoxy) is 4. The molecule has 0 N–H and O–H groups in total. The molecule has 8 heteroatoms. The topological polar surface area (TPSA) is 62.2 Å². The van der Waals surface area contributed by atoms with Crippen LogP contribution in [0.3, 0.4) is 0 Å². The highest BCUT2D eigenvalue weighted by atomic mass is 35.5. The number of halogens is 1. The van der Waals surface area contributed by atoms with Gasteiger partial charge in [0.1, 0.15) is 23.9 Å². The van der Waals surface area contributed by atoms with E-state index >= 15 is 0 Å². The van der Waals surface area contributed by atoms with Gasteiger partial charge in [-0.1, -0.05) is 60.1 Å². The largest absolute Gasteiger partial charge is 0.497 e. The van der Waals surface area contributed by atoms with Crippen LogP contribution in [0, 0.1) is 0 Å². The first-order valence-electron chi connectivity index (χ1n) is 17.5. The fourth-order valence-corrected chi connectivity index (χ4v) is 7.24. The van der Waals surface area contributed by atoms with Gasteiger partial charge < -0.3 is 28.4 Å². The van der Waals surface area contributed by atoms with Crippen LogP contribution in [0.1, 0.15) is 54.8 Å². The minimum Gasteiger partial charge on any atom is -0.497 e. The zero-order chi connectivity index (χ0) is 34.9. The lowest BCUT2D eigenvalue weighted by Crippen LogP contribution is -2.39. The number of carbonyl (C=O) groups excluding carboxylic acids is 1. The maximum absolute atomic E-state index is 13.4. The predicted octanol–water partition coefficient (Wildman–Crippen LogP) is 9.32. The van der Waals surface area contributed by atoms with E-state index in [9.17, 15) is 4.79 Å². The zero-order valence-corrected chi connectivity index (χ0v) is 30.1. The molecule has 0 radical (unpaired) electrons. The van der Waals surface area contributed by atoms with Crippen LogP contribution in [0.25, 0.3) is 22.0 Å². The summed E-state index contributed by atoms with van der Waals surface area (Å²) in [5.41, 5.74) is 6.85. The van der Waals surface area contributed by atoms with E-state index in [0.29, 0.717) is 41.2 Å². The summed E-state index contributed by atoms with van der Waals surface area (Å²) in [6.07, 6.45) is 5.36. The molecule has 1 aliphatic rings. The Morgan fingerprint density at radius 3 is 2.34 bits per heavy atom. The molecule has 1 amide bonds. The van der Waals surface area contributed by atoms with Gasteiger partial charge in [-0.2, -0.15) is 0 Å². The molecule has 0 bridgehead atoms. The van der Waals surface area contributed by atoms with Crippen molar-refractivity contribution in [1.29, 1.82) is 0 Å². The van der Waals surface area contributed by atoms with E-state index < -0.39 is 0 Å². The van der Waals surface area contributed by atoms with Crippen molar-refractivity contribution >= 4 is 28.4 Å². The van der Waals surface area contributed by atoms with Crippen LogP contribution in [-0.4, -0.2) is 56.4 Å². The number of carbonyl (C=O) groups is 1. The fraction of sp³-hybridized carbons (Fsp3) is 0.357. The molecular formula is C42H47ClN2O5. The number of aromatic nitrogens is 1. The average molecular weight is 695 g/mol. The second kappa shape index (κ2) is 17.0. The molecule has 1 unspecified atom stereocenters. The molecule has 1 saturated heterocycles. The van der Waals surface area contributed by atoms with E-state index in [2.05, 4.69) is 64.1 Å². The molecule has 4 aromatic carbocycles. The molecule has 0 spiro atoms. The lowest BCUT2D eigenvalue weighted by Gasteiger charge is -2.33. The summed E-state index contributed by atoms with van der Waals surface area (Å²) in [7, 11) is 5.01. The van der Waals surface area contributed by atoms with Crippen molar-refractivity contribution in [3.8, 4) is 28.4 Å². The highest BCUT2D eigenvalue weighted by Gasteiger charge is 2.27. The van der Waals surface area contributed by atoms with Gasteiger partial charge in [0, 0.05) is 63.0 Å². The van der Waals surface area contributed by atoms with Gasteiger partial charge in [0.15, 0.2) is 0 Å². The first kappa shape index (κ1) is 35.4. The number of nitrogens with zero attached hydrogens (tertiary/aromatic N) is 2. The summed E-state index contributed by atoms with van der Waals surface area (Å²) in [4.78, 5) is 15.5. The van der Waals surface area contributed by atoms with Crippen molar-refractivity contribution in [3.63, 3.8) is 0 Å². The standard InChI is InChI=1S/C42H47ClN2O5/c1-47-22-8-21-45-39-12-5-4-10-34(39)26-40(45)35-11-7-20-44(28-35)42(46)13-6-9-30-14-16-32(17-15-30)33-18-19-41(38(43)25-33)50-29-31-23-36(48-2)27-37(24-31)49-3/h4-5,10,12,14-19,23-27,35H,6-9,11,13,20-22,28-29H2,1-3H3. The Hall–Kier alpha value is -4.46. The maximum Gasteiger partial charge on any atom is 0.222 e. The smallest absolute Gasteiger partial charge is 0.222 e. The van der Waals surface area contributed by atoms with Gasteiger partial charge in [0.25, 0.3) is 0 Å². The van der Waals surface area contributed by atoms with E-state index in [1.54, 1.807) is 21.3 Å². The summed E-state index contributed by atoms with van der Waals surface area (Å²) in [6, 6.07) is 31.0. The number of hydrogen-bond acceptors (Lipinski definition) is 5. The molecule has 1 atom stereocenters. The zero-order valence-electron chi connectivity index (χ0n) is 29.3. The third-order valence-corrected chi connectivity index (χ3v) is 9.94. The SMILES string of the molecule is COCCCn1c(C2CCCN(C(=O)CCCc3ccc(-c4ccc(OCc5cc(OC)cc(OC)c5)c(Cl)c4)cc3)C2)cc2ccccc21. The number of benzene rings is 4. The van der Waals surface area contributed by atoms with Gasteiger partial charge in [-0.15, -0.1) is 0 Å². The number of amides is 1. The number of methoxy groups -OCH3 is 3. The van der Waals surface area contributed by atoms with Crippen LogP contribution < -0.4 is 14.2 Å². The molecule has 1 fully saturated rings. The summed E-state index contributed by atoms with van der Waals surface area (Å²) < 4.78 is 24.5. The van der Waals surface area contributed by atoms with E-state index in [0.717, 1.165) is 75.0 Å². The first-order chi connectivity index (χ1) is 24.4. The van der Waals surface area contributed by atoms with E-state index in [1.807, 2.05) is 36.4 Å². The molecule has 7 nitrogen and oxygen atoms in total. The van der Waals surface area contributed by atoms with Crippen molar-refractivity contribution in [2.75, 3.05) is 41.0 Å². The van der Waals surface area contributed by atoms with Crippen molar-refractivity contribution in [2.24, 2.45) is 0 Å². The summed E-state index contributed by atoms with van der Waals surface area (Å²) in [6.45, 7) is 3.63.